The average molecular weight is 284 g/mol. The van der Waals surface area contributed by atoms with Crippen molar-refractivity contribution in [2.24, 2.45) is 0 Å². The molecule has 0 saturated heterocycles. The Bertz CT molecular complexity index is 438. The zero-order valence-corrected chi connectivity index (χ0v) is 12.2. The van der Waals surface area contributed by atoms with Gasteiger partial charge in [0, 0.05) is 10.9 Å². The number of aliphatic hydroxyl groups excluding tert-OH is 1. The van der Waals surface area contributed by atoms with Crippen molar-refractivity contribution in [1.82, 2.24) is 0 Å². The second-order valence-electron chi connectivity index (χ2n) is 4.26. The molecule has 0 aliphatic heterocycles. The predicted octanol–water partition coefficient (Wildman–Crippen LogP) is 1.72. The van der Waals surface area contributed by atoms with Crippen LogP contribution in [0.3, 0.4) is 0 Å². The summed E-state index contributed by atoms with van der Waals surface area (Å²) in [6.45, 7) is 3.58. The van der Waals surface area contributed by atoms with Crippen LogP contribution in [0.5, 0.6) is 5.75 Å². The van der Waals surface area contributed by atoms with Crippen LogP contribution in [0.4, 0.5) is 11.4 Å². The van der Waals surface area contributed by atoms with E-state index in [0.29, 0.717) is 17.1 Å². The Balaban J connectivity index is 2.59. The zero-order valence-electron chi connectivity index (χ0n) is 11.3. The molecule has 0 bridgehead atoms. The molecule has 0 saturated carbocycles. The van der Waals surface area contributed by atoms with Gasteiger partial charge in [-0.2, -0.15) is 0 Å². The Hall–Kier alpha value is -1.40. The van der Waals surface area contributed by atoms with E-state index < -0.39 is 6.10 Å². The molecule has 1 aromatic rings. The molecule has 0 fully saturated rings. The Morgan fingerprint density at radius 3 is 2.79 bits per heavy atom. The van der Waals surface area contributed by atoms with Gasteiger partial charge in [-0.15, -0.1) is 11.8 Å². The van der Waals surface area contributed by atoms with Gasteiger partial charge >= 0.3 is 0 Å². The van der Waals surface area contributed by atoms with E-state index in [4.69, 9.17) is 10.5 Å². The number of thioether (sulfide) groups is 1. The van der Waals surface area contributed by atoms with Crippen molar-refractivity contribution >= 4 is 29.0 Å². The lowest BCUT2D eigenvalue weighted by atomic mass is 10.2. The van der Waals surface area contributed by atoms with Crippen LogP contribution in [-0.2, 0) is 4.79 Å². The van der Waals surface area contributed by atoms with Crippen LogP contribution < -0.4 is 15.8 Å². The van der Waals surface area contributed by atoms with Crippen LogP contribution >= 0.6 is 11.8 Å². The van der Waals surface area contributed by atoms with Crippen molar-refractivity contribution in [3.8, 4) is 5.75 Å². The van der Waals surface area contributed by atoms with E-state index in [2.05, 4.69) is 5.32 Å². The molecule has 2 atom stereocenters. The summed E-state index contributed by atoms with van der Waals surface area (Å²) in [4.78, 5) is 11.8. The number of carbonyl (C=O) groups is 1. The fourth-order valence-electron chi connectivity index (χ4n) is 1.36. The van der Waals surface area contributed by atoms with Gasteiger partial charge in [-0.05, 0) is 25.1 Å². The highest BCUT2D eigenvalue weighted by molar-refractivity contribution is 8.00. The number of nitrogen functional groups attached to an aromatic ring is 1. The number of hydrogen-bond acceptors (Lipinski definition) is 5. The summed E-state index contributed by atoms with van der Waals surface area (Å²) >= 11 is 1.40. The Morgan fingerprint density at radius 1 is 1.53 bits per heavy atom. The van der Waals surface area contributed by atoms with E-state index in [-0.39, 0.29) is 16.9 Å². The summed E-state index contributed by atoms with van der Waals surface area (Å²) in [6, 6.07) is 5.06. The van der Waals surface area contributed by atoms with Crippen LogP contribution in [0, 0.1) is 0 Å². The van der Waals surface area contributed by atoms with Crippen LogP contribution in [0.1, 0.15) is 13.8 Å². The number of anilines is 2. The van der Waals surface area contributed by atoms with E-state index in [1.54, 1.807) is 25.1 Å². The fourth-order valence-corrected chi connectivity index (χ4v) is 2.12. The fraction of sp³-hybridized carbons (Fsp3) is 0.462. The Labute approximate surface area is 117 Å². The molecule has 0 radical (unpaired) electrons. The summed E-state index contributed by atoms with van der Waals surface area (Å²) in [6.07, 6.45) is -0.445. The zero-order chi connectivity index (χ0) is 14.4. The van der Waals surface area contributed by atoms with Gasteiger partial charge in [0.25, 0.3) is 0 Å². The smallest absolute Gasteiger partial charge is 0.234 e. The SMILES string of the molecule is COc1ccc(N)cc1NC(=O)CSC(C)C(C)O. The molecule has 19 heavy (non-hydrogen) atoms. The number of nitrogens with one attached hydrogen (secondary N) is 1. The van der Waals surface area contributed by atoms with Gasteiger partial charge in [0.15, 0.2) is 0 Å². The molecule has 4 N–H and O–H groups in total. The van der Waals surface area contributed by atoms with Gasteiger partial charge in [-0.3, -0.25) is 4.79 Å². The van der Waals surface area contributed by atoms with Gasteiger partial charge < -0.3 is 20.9 Å². The summed E-state index contributed by atoms with van der Waals surface area (Å²) < 4.78 is 5.15. The van der Waals surface area contributed by atoms with Crippen molar-refractivity contribution in [3.63, 3.8) is 0 Å². The van der Waals surface area contributed by atoms with Crippen LogP contribution in [-0.4, -0.2) is 35.2 Å². The van der Waals surface area contributed by atoms with Crippen LogP contribution in [0.2, 0.25) is 0 Å². The number of nitrogens with two attached hydrogens (primary N) is 1. The number of methoxy groups -OCH3 is 1. The van der Waals surface area contributed by atoms with Crippen molar-refractivity contribution < 1.29 is 14.6 Å². The maximum Gasteiger partial charge on any atom is 0.234 e. The lowest BCUT2D eigenvalue weighted by Crippen LogP contribution is -2.21. The average Bonchev–Trinajstić information content (AvgIpc) is 2.36. The van der Waals surface area contributed by atoms with Crippen molar-refractivity contribution in [1.29, 1.82) is 0 Å². The minimum atomic E-state index is -0.445. The normalized spacial score (nSPS) is 13.7. The Kier molecular flexibility index (Phi) is 5.98. The number of benzene rings is 1. The highest BCUT2D eigenvalue weighted by atomic mass is 32.2. The lowest BCUT2D eigenvalue weighted by Gasteiger charge is -2.14. The Morgan fingerprint density at radius 2 is 2.21 bits per heavy atom. The predicted molar refractivity (Wildman–Crippen MR) is 79.6 cm³/mol. The summed E-state index contributed by atoms with van der Waals surface area (Å²) in [5, 5.41) is 12.1. The highest BCUT2D eigenvalue weighted by Gasteiger charge is 2.13. The first-order valence-corrected chi connectivity index (χ1v) is 7.02. The quantitative estimate of drug-likeness (QED) is 0.693. The maximum absolute atomic E-state index is 11.8. The summed E-state index contributed by atoms with van der Waals surface area (Å²) in [5.41, 5.74) is 6.78. The molecule has 0 heterocycles. The molecular formula is C13H20N2O3S. The van der Waals surface area contributed by atoms with Crippen LogP contribution in [0.15, 0.2) is 18.2 Å². The molecule has 0 aliphatic rings. The summed E-state index contributed by atoms with van der Waals surface area (Å²) in [5.74, 6) is 0.682. The standard InChI is InChI=1S/C13H20N2O3S/c1-8(16)9(2)19-7-13(17)15-11-6-10(14)4-5-12(11)18-3/h4-6,8-9,16H,7,14H2,1-3H3,(H,15,17). The second-order valence-corrected chi connectivity index (χ2v) is 5.63. The third-order valence-electron chi connectivity index (χ3n) is 2.65. The molecule has 1 amide bonds. The van der Waals surface area contributed by atoms with E-state index in [1.165, 1.54) is 18.9 Å². The van der Waals surface area contributed by atoms with Gasteiger partial charge in [-0.1, -0.05) is 6.92 Å². The van der Waals surface area contributed by atoms with Crippen molar-refractivity contribution in [2.45, 2.75) is 25.2 Å². The van der Waals surface area contributed by atoms with Gasteiger partial charge in [0.05, 0.1) is 24.7 Å². The van der Waals surface area contributed by atoms with Crippen molar-refractivity contribution in [2.75, 3.05) is 23.9 Å². The molecular weight excluding hydrogens is 264 g/mol. The van der Waals surface area contributed by atoms with Gasteiger partial charge in [-0.25, -0.2) is 0 Å². The molecule has 5 nitrogen and oxygen atoms in total. The molecule has 0 aromatic heterocycles. The highest BCUT2D eigenvalue weighted by Crippen LogP contribution is 2.26. The number of aliphatic hydroxyl groups is 1. The molecule has 0 aliphatic carbocycles. The first kappa shape index (κ1) is 15.7. The van der Waals surface area contributed by atoms with E-state index in [9.17, 15) is 9.90 Å². The first-order valence-electron chi connectivity index (χ1n) is 5.97. The van der Waals surface area contributed by atoms with E-state index in [1.807, 2.05) is 6.92 Å². The molecule has 1 aromatic carbocycles. The molecule has 2 unspecified atom stereocenters. The third-order valence-corrected chi connectivity index (χ3v) is 4.00. The number of hydrogen-bond donors (Lipinski definition) is 3. The second kappa shape index (κ2) is 7.25. The lowest BCUT2D eigenvalue weighted by molar-refractivity contribution is -0.113. The maximum atomic E-state index is 11.8. The number of rotatable bonds is 6. The largest absolute Gasteiger partial charge is 0.495 e. The van der Waals surface area contributed by atoms with Gasteiger partial charge in [0.1, 0.15) is 5.75 Å². The number of carbonyl (C=O) groups excluding carboxylic acids is 1. The number of ether oxygens (including phenoxy) is 1. The summed E-state index contributed by atoms with van der Waals surface area (Å²) in [7, 11) is 1.53. The first-order chi connectivity index (χ1) is 8.93. The van der Waals surface area contributed by atoms with E-state index >= 15 is 0 Å². The molecule has 6 heteroatoms. The van der Waals surface area contributed by atoms with E-state index in [0.717, 1.165) is 0 Å². The minimum Gasteiger partial charge on any atom is -0.495 e. The monoisotopic (exact) mass is 284 g/mol. The minimum absolute atomic E-state index is 0.00786. The molecule has 1 rings (SSSR count). The van der Waals surface area contributed by atoms with Crippen LogP contribution in [0.25, 0.3) is 0 Å². The molecule has 106 valence electrons. The third kappa shape index (κ3) is 5.00. The van der Waals surface area contributed by atoms with Gasteiger partial charge in [0.2, 0.25) is 5.91 Å². The topological polar surface area (TPSA) is 84.6 Å². The number of amides is 1. The van der Waals surface area contributed by atoms with Crippen molar-refractivity contribution in [3.05, 3.63) is 18.2 Å². The molecule has 0 spiro atoms.